The number of carbonyl (C=O) groups is 3. The van der Waals surface area contributed by atoms with E-state index in [-0.39, 0.29) is 12.3 Å². The molecule has 0 aliphatic carbocycles. The van der Waals surface area contributed by atoms with Gasteiger partial charge in [0.05, 0.1) is 25.6 Å². The molecule has 3 aromatic rings. The number of hydrogen-bond donors (Lipinski definition) is 3. The fourth-order valence-electron chi connectivity index (χ4n) is 3.55. The molecule has 188 valence electrons. The molecular weight excluding hydrogens is 570 g/mol. The van der Waals surface area contributed by atoms with Crippen molar-refractivity contribution in [2.75, 3.05) is 0 Å². The van der Waals surface area contributed by atoms with Crippen molar-refractivity contribution in [3.63, 3.8) is 0 Å². The second-order valence-electron chi connectivity index (χ2n) is 7.98. The molecule has 0 bridgehead atoms. The monoisotopic (exact) mass is 597 g/mol. The van der Waals surface area contributed by atoms with Crippen LogP contribution < -0.4 is 10.6 Å². The van der Waals surface area contributed by atoms with Gasteiger partial charge in [0, 0.05) is 24.5 Å². The van der Waals surface area contributed by atoms with Crippen molar-refractivity contribution in [1.82, 2.24) is 15.5 Å². The van der Waals surface area contributed by atoms with Crippen LogP contribution in [-0.4, -0.2) is 34.0 Å². The normalized spacial score (nSPS) is 12.6. The third-order valence-corrected chi connectivity index (χ3v) is 8.76. The minimum atomic E-state index is -1.02. The Labute approximate surface area is 225 Å². The number of rotatable bonds is 13. The van der Waals surface area contributed by atoms with Crippen molar-refractivity contribution in [2.24, 2.45) is 0 Å². The average molecular weight is 599 g/mol. The van der Waals surface area contributed by atoms with E-state index in [2.05, 4.69) is 26.6 Å². The summed E-state index contributed by atoms with van der Waals surface area (Å²) in [6, 6.07) is 7.74. The highest BCUT2D eigenvalue weighted by Gasteiger charge is 2.28. The Bertz CT molecular complexity index is 1050. The first-order valence-corrected chi connectivity index (χ1v) is 14.6. The van der Waals surface area contributed by atoms with Gasteiger partial charge in [-0.2, -0.15) is 0 Å². The van der Waals surface area contributed by atoms with Gasteiger partial charge in [-0.25, -0.2) is 4.79 Å². The molecule has 0 aliphatic rings. The van der Waals surface area contributed by atoms with Gasteiger partial charge >= 0.3 is 12.0 Å². The Balaban J connectivity index is 1.75. The molecule has 0 aromatic carbocycles. The lowest BCUT2D eigenvalue weighted by molar-refractivity contribution is -0.137. The lowest BCUT2D eigenvalue weighted by Crippen LogP contribution is -2.51. The first kappa shape index (κ1) is 27.4. The number of nitrogens with zero attached hydrogens (tertiary/aromatic N) is 1. The minimum absolute atomic E-state index is 0.149. The van der Waals surface area contributed by atoms with E-state index in [4.69, 9.17) is 0 Å². The number of carboxylic acid groups (broad SMARTS) is 1. The van der Waals surface area contributed by atoms with E-state index in [0.29, 0.717) is 19.5 Å². The van der Waals surface area contributed by atoms with Crippen molar-refractivity contribution < 1.29 is 19.5 Å². The number of aliphatic carboxylic acids is 1. The molecule has 3 amide bonds. The van der Waals surface area contributed by atoms with Crippen LogP contribution in [0.15, 0.2) is 50.9 Å². The number of nitrogens with one attached hydrogen (secondary N) is 2. The number of amides is 3. The zero-order valence-corrected chi connectivity index (χ0v) is 23.3. The van der Waals surface area contributed by atoms with Gasteiger partial charge in [0.1, 0.15) is 6.04 Å². The van der Waals surface area contributed by atoms with Crippen LogP contribution >= 0.6 is 49.9 Å². The molecule has 7 nitrogen and oxygen atoms in total. The molecule has 3 rings (SSSR count). The topological polar surface area (TPSA) is 98.7 Å². The molecular formula is C24H28BrN3O4S3. The second-order valence-corrected chi connectivity index (χ2v) is 11.9. The average Bonchev–Trinajstić information content (AvgIpc) is 3.58. The van der Waals surface area contributed by atoms with Crippen LogP contribution in [0.1, 0.15) is 53.3 Å². The summed E-state index contributed by atoms with van der Waals surface area (Å²) in [5, 5.41) is 20.7. The van der Waals surface area contributed by atoms with Gasteiger partial charge in [-0.15, -0.1) is 34.0 Å². The zero-order chi connectivity index (χ0) is 25.2. The van der Waals surface area contributed by atoms with E-state index in [9.17, 15) is 19.5 Å². The van der Waals surface area contributed by atoms with Crippen molar-refractivity contribution in [3.8, 4) is 0 Å². The first-order chi connectivity index (χ1) is 16.9. The summed E-state index contributed by atoms with van der Waals surface area (Å²) >= 11 is 7.92. The lowest BCUT2D eigenvalue weighted by Gasteiger charge is -2.28. The molecule has 35 heavy (non-hydrogen) atoms. The number of hydrogen-bond acceptors (Lipinski definition) is 6. The summed E-state index contributed by atoms with van der Waals surface area (Å²) in [5.74, 6) is -1.17. The largest absolute Gasteiger partial charge is 0.481 e. The Morgan fingerprint density at radius 2 is 1.71 bits per heavy atom. The zero-order valence-electron chi connectivity index (χ0n) is 19.2. The molecule has 11 heteroatoms. The van der Waals surface area contributed by atoms with Crippen LogP contribution in [0.3, 0.4) is 0 Å². The van der Waals surface area contributed by atoms with Crippen LogP contribution in [0.5, 0.6) is 0 Å². The molecule has 0 fully saturated rings. The van der Waals surface area contributed by atoms with E-state index in [0.717, 1.165) is 31.9 Å². The van der Waals surface area contributed by atoms with Crippen molar-refractivity contribution in [3.05, 3.63) is 65.6 Å². The summed E-state index contributed by atoms with van der Waals surface area (Å²) < 4.78 is 0.823. The molecule has 2 atom stereocenters. The highest BCUT2D eigenvalue weighted by molar-refractivity contribution is 9.10. The van der Waals surface area contributed by atoms with Gasteiger partial charge in [0.2, 0.25) is 5.91 Å². The van der Waals surface area contributed by atoms with E-state index in [1.54, 1.807) is 33.6 Å². The van der Waals surface area contributed by atoms with Crippen LogP contribution in [0, 0.1) is 0 Å². The SMILES string of the molecule is CCCC[C@H](NC(=O)NC(CC(=O)O)c1cc(Br)cs1)C(=O)N(Cc1cccs1)Cc1cccs1. The highest BCUT2D eigenvalue weighted by atomic mass is 79.9. The summed E-state index contributed by atoms with van der Waals surface area (Å²) in [5.41, 5.74) is 0. The molecule has 3 heterocycles. The second kappa shape index (κ2) is 13.8. The highest BCUT2D eigenvalue weighted by Crippen LogP contribution is 2.27. The Morgan fingerprint density at radius 3 is 2.20 bits per heavy atom. The fraction of sp³-hybridized carbons (Fsp3) is 0.375. The molecule has 0 aliphatic heterocycles. The quantitative estimate of drug-likeness (QED) is 0.217. The van der Waals surface area contributed by atoms with Crippen LogP contribution in [0.4, 0.5) is 4.79 Å². The molecule has 0 radical (unpaired) electrons. The molecule has 0 saturated heterocycles. The molecule has 0 saturated carbocycles. The number of thiophene rings is 3. The number of unbranched alkanes of at least 4 members (excludes halogenated alkanes) is 1. The smallest absolute Gasteiger partial charge is 0.315 e. The van der Waals surface area contributed by atoms with Gasteiger partial charge < -0.3 is 20.6 Å². The maximum Gasteiger partial charge on any atom is 0.315 e. The Morgan fingerprint density at radius 1 is 1.06 bits per heavy atom. The van der Waals surface area contributed by atoms with Crippen LogP contribution in [0.2, 0.25) is 0 Å². The van der Waals surface area contributed by atoms with Gasteiger partial charge in [0.15, 0.2) is 0 Å². The van der Waals surface area contributed by atoms with Crippen LogP contribution in [0.25, 0.3) is 0 Å². The van der Waals surface area contributed by atoms with E-state index in [1.807, 2.05) is 47.3 Å². The number of halogens is 1. The molecule has 3 aromatic heterocycles. The van der Waals surface area contributed by atoms with E-state index in [1.165, 1.54) is 11.3 Å². The Kier molecular flexibility index (Phi) is 10.8. The van der Waals surface area contributed by atoms with Gasteiger partial charge in [-0.05, 0) is 51.3 Å². The molecule has 0 spiro atoms. The first-order valence-electron chi connectivity index (χ1n) is 11.2. The van der Waals surface area contributed by atoms with E-state index >= 15 is 0 Å². The van der Waals surface area contributed by atoms with Crippen LogP contribution in [-0.2, 0) is 22.7 Å². The summed E-state index contributed by atoms with van der Waals surface area (Å²) in [4.78, 5) is 42.7. The number of carboxylic acids is 1. The van der Waals surface area contributed by atoms with Crippen molar-refractivity contribution >= 4 is 67.8 Å². The molecule has 3 N–H and O–H groups in total. The van der Waals surface area contributed by atoms with Gasteiger partial charge in [0.25, 0.3) is 0 Å². The number of urea groups is 1. The lowest BCUT2D eigenvalue weighted by atomic mass is 10.1. The minimum Gasteiger partial charge on any atom is -0.481 e. The van der Waals surface area contributed by atoms with Gasteiger partial charge in [-0.1, -0.05) is 31.9 Å². The maximum absolute atomic E-state index is 13.7. The summed E-state index contributed by atoms with van der Waals surface area (Å²) in [6.07, 6.45) is 1.91. The van der Waals surface area contributed by atoms with E-state index < -0.39 is 24.1 Å². The fourth-order valence-corrected chi connectivity index (χ4v) is 6.48. The predicted octanol–water partition coefficient (Wildman–Crippen LogP) is 6.24. The Hall–Kier alpha value is -2.21. The summed E-state index contributed by atoms with van der Waals surface area (Å²) in [6.45, 7) is 2.96. The predicted molar refractivity (Wildman–Crippen MR) is 145 cm³/mol. The maximum atomic E-state index is 13.7. The van der Waals surface area contributed by atoms with Crippen molar-refractivity contribution in [2.45, 2.75) is 57.8 Å². The molecule has 1 unspecified atom stereocenters. The van der Waals surface area contributed by atoms with Gasteiger partial charge in [-0.3, -0.25) is 9.59 Å². The standard InChI is InChI=1S/C24H28BrN3O4S3/c1-2-3-8-19(26-24(32)27-20(12-22(29)30)21-11-16(25)15-35-21)23(31)28(13-17-6-4-9-33-17)14-18-7-5-10-34-18/h4-7,9-11,15,19-20H,2-3,8,12-14H2,1H3,(H,29,30)(H2,26,27,32)/t19-,20?/m0/s1. The third kappa shape index (κ3) is 8.75. The number of carbonyl (C=O) groups excluding carboxylic acids is 2. The van der Waals surface area contributed by atoms with Crippen molar-refractivity contribution in [1.29, 1.82) is 0 Å². The summed E-state index contributed by atoms with van der Waals surface area (Å²) in [7, 11) is 0. The third-order valence-electron chi connectivity index (χ3n) is 5.23.